The number of carbonyl (C=O) groups excluding carboxylic acids is 1. The molecule has 0 bridgehead atoms. The van der Waals surface area contributed by atoms with Gasteiger partial charge in [0.25, 0.3) is 10.0 Å². The van der Waals surface area contributed by atoms with Crippen LogP contribution in [0.4, 0.5) is 0 Å². The van der Waals surface area contributed by atoms with Crippen LogP contribution in [0.2, 0.25) is 0 Å². The molecule has 14 heteroatoms. The second kappa shape index (κ2) is 19.0. The molecule has 1 amide bonds. The van der Waals surface area contributed by atoms with Crippen molar-refractivity contribution in [1.29, 1.82) is 0 Å². The third-order valence-corrected chi connectivity index (χ3v) is 10.5. The fraction of sp³-hybridized carbons (Fsp3) is 0.152. The smallest absolute Gasteiger partial charge is 0.371 e. The Morgan fingerprint density at radius 1 is 0.600 bits per heavy atom. The summed E-state index contributed by atoms with van der Waals surface area (Å²) in [5.74, 6) is 1.78. The van der Waals surface area contributed by atoms with Gasteiger partial charge in [0, 0.05) is 17.3 Å². The van der Waals surface area contributed by atoms with Crippen molar-refractivity contribution in [2.45, 2.75) is 39.0 Å². The van der Waals surface area contributed by atoms with Gasteiger partial charge in [0.1, 0.15) is 47.7 Å². The molecule has 4 aromatic carbocycles. The Morgan fingerprint density at radius 3 is 1.37 bits per heavy atom. The van der Waals surface area contributed by atoms with Crippen molar-refractivity contribution in [3.8, 4) is 45.3 Å². The molecule has 0 aliphatic heterocycles. The standard InChI is InChI=1S/C26H24N2O6S.C20H18O5/c1-17-4-13-25(27-15-17)35(30,31)28-26(29)24-14-21(18(2)34-24)16-33-23-11-7-20(8-12-23)19-5-9-22(32-3)10-6-19;1-13-16(11-19(25-13)20(21)22)12-24-18-9-5-15(6-10-18)14-3-7-17(23-2)8-4-14/h4-15H,16H2,1-3H3,(H,28,29);3-11H,12H2,1-2H3,(H,21,22). The van der Waals surface area contributed by atoms with E-state index in [0.717, 1.165) is 44.9 Å². The van der Waals surface area contributed by atoms with Crippen LogP contribution in [0.5, 0.6) is 23.0 Å². The summed E-state index contributed by atoms with van der Waals surface area (Å²) in [6, 6.07) is 36.8. The summed E-state index contributed by atoms with van der Waals surface area (Å²) in [6.45, 7) is 5.59. The number of hydrogen-bond acceptors (Lipinski definition) is 11. The highest BCUT2D eigenvalue weighted by Gasteiger charge is 2.23. The van der Waals surface area contributed by atoms with Gasteiger partial charge in [-0.05, 0) is 115 Å². The van der Waals surface area contributed by atoms with Gasteiger partial charge in [-0.15, -0.1) is 0 Å². The van der Waals surface area contributed by atoms with E-state index >= 15 is 0 Å². The van der Waals surface area contributed by atoms with E-state index in [9.17, 15) is 18.0 Å². The average Bonchev–Trinajstić information content (AvgIpc) is 3.84. The lowest BCUT2D eigenvalue weighted by molar-refractivity contribution is 0.0660. The number of carboxylic acids is 1. The van der Waals surface area contributed by atoms with Gasteiger partial charge in [-0.25, -0.2) is 14.5 Å². The van der Waals surface area contributed by atoms with Crippen LogP contribution < -0.4 is 23.7 Å². The number of nitrogens with zero attached hydrogens (tertiary/aromatic N) is 1. The second-order valence-corrected chi connectivity index (χ2v) is 15.0. The summed E-state index contributed by atoms with van der Waals surface area (Å²) >= 11 is 0. The van der Waals surface area contributed by atoms with Gasteiger partial charge in [0.15, 0.2) is 10.8 Å². The van der Waals surface area contributed by atoms with E-state index < -0.39 is 21.9 Å². The fourth-order valence-electron chi connectivity index (χ4n) is 5.76. The number of hydrogen-bond donors (Lipinski definition) is 2. The number of pyridine rings is 1. The number of benzene rings is 4. The summed E-state index contributed by atoms with van der Waals surface area (Å²) in [7, 11) is -0.854. The number of aromatic nitrogens is 1. The van der Waals surface area contributed by atoms with Crippen molar-refractivity contribution >= 4 is 21.9 Å². The molecule has 0 aliphatic carbocycles. The summed E-state index contributed by atoms with van der Waals surface area (Å²) in [5, 5.41) is 8.69. The number of furan rings is 2. The maximum Gasteiger partial charge on any atom is 0.371 e. The quantitative estimate of drug-likeness (QED) is 0.106. The van der Waals surface area contributed by atoms with E-state index in [1.807, 2.05) is 102 Å². The molecule has 2 N–H and O–H groups in total. The third kappa shape index (κ3) is 10.8. The molecule has 0 saturated carbocycles. The monoisotopic (exact) mass is 830 g/mol. The fourth-order valence-corrected chi connectivity index (χ4v) is 6.65. The first-order valence-electron chi connectivity index (χ1n) is 18.5. The molecule has 0 spiro atoms. The Labute approximate surface area is 347 Å². The molecule has 3 aromatic heterocycles. The highest BCUT2D eigenvalue weighted by Crippen LogP contribution is 2.27. The first-order valence-corrected chi connectivity index (χ1v) is 20.0. The van der Waals surface area contributed by atoms with E-state index in [1.54, 1.807) is 41.1 Å². The zero-order chi connectivity index (χ0) is 42.8. The van der Waals surface area contributed by atoms with E-state index in [0.29, 0.717) is 28.6 Å². The molecule has 7 rings (SSSR count). The normalized spacial score (nSPS) is 10.9. The zero-order valence-corrected chi connectivity index (χ0v) is 34.2. The number of sulfonamides is 1. The van der Waals surface area contributed by atoms with Crippen molar-refractivity contribution in [2.75, 3.05) is 14.2 Å². The molecule has 0 fully saturated rings. The van der Waals surface area contributed by atoms with Crippen molar-refractivity contribution in [1.82, 2.24) is 9.71 Å². The van der Waals surface area contributed by atoms with Crippen LogP contribution in [0.3, 0.4) is 0 Å². The lowest BCUT2D eigenvalue weighted by Gasteiger charge is -2.07. The third-order valence-electron chi connectivity index (χ3n) is 9.21. The van der Waals surface area contributed by atoms with Gasteiger partial charge >= 0.3 is 11.9 Å². The van der Waals surface area contributed by atoms with Crippen LogP contribution in [0, 0.1) is 20.8 Å². The molecule has 0 atom stereocenters. The van der Waals surface area contributed by atoms with Gasteiger partial charge in [0.2, 0.25) is 5.76 Å². The number of carboxylic acid groups (broad SMARTS) is 1. The van der Waals surface area contributed by atoms with E-state index in [2.05, 4.69) is 4.98 Å². The largest absolute Gasteiger partial charge is 0.497 e. The van der Waals surface area contributed by atoms with Gasteiger partial charge < -0.3 is 32.9 Å². The van der Waals surface area contributed by atoms with E-state index in [-0.39, 0.29) is 29.8 Å². The summed E-state index contributed by atoms with van der Waals surface area (Å²) in [4.78, 5) is 27.3. The number of ether oxygens (including phenoxy) is 4. The van der Waals surface area contributed by atoms with E-state index in [1.165, 1.54) is 24.4 Å². The SMILES string of the molecule is COc1ccc(-c2ccc(OCc3cc(C(=O)NS(=O)(=O)c4ccc(C)cn4)oc3C)cc2)cc1.COc1ccc(-c2ccc(OCc3cc(C(=O)O)oc3C)cc2)cc1. The van der Waals surface area contributed by atoms with Gasteiger partial charge in [0.05, 0.1) is 14.2 Å². The Hall–Kier alpha value is -7.32. The number of carbonyl (C=O) groups is 2. The molecular weight excluding hydrogens is 789 g/mol. The number of rotatable bonds is 14. The molecule has 60 heavy (non-hydrogen) atoms. The van der Waals surface area contributed by atoms with Crippen LogP contribution in [0.1, 0.15) is 49.3 Å². The Morgan fingerprint density at radius 2 is 1.00 bits per heavy atom. The van der Waals surface area contributed by atoms with Gasteiger partial charge in [-0.2, -0.15) is 8.42 Å². The highest BCUT2D eigenvalue weighted by atomic mass is 32.2. The maximum absolute atomic E-state index is 12.5. The summed E-state index contributed by atoms with van der Waals surface area (Å²) in [5.41, 5.74) is 6.39. The van der Waals surface area contributed by atoms with Gasteiger partial charge in [-0.1, -0.05) is 54.6 Å². The molecule has 308 valence electrons. The van der Waals surface area contributed by atoms with Crippen LogP contribution in [-0.2, 0) is 23.2 Å². The van der Waals surface area contributed by atoms with Crippen LogP contribution in [0.15, 0.2) is 141 Å². The van der Waals surface area contributed by atoms with Crippen molar-refractivity contribution < 1.29 is 50.9 Å². The predicted octanol–water partition coefficient (Wildman–Crippen LogP) is 9.21. The van der Waals surface area contributed by atoms with Crippen LogP contribution in [-0.4, -0.2) is 44.6 Å². The lowest BCUT2D eigenvalue weighted by Crippen LogP contribution is -2.30. The molecule has 0 aliphatic rings. The van der Waals surface area contributed by atoms with Gasteiger partial charge in [-0.3, -0.25) is 4.79 Å². The van der Waals surface area contributed by atoms with Crippen molar-refractivity contribution in [3.05, 3.63) is 167 Å². The Kier molecular flexibility index (Phi) is 13.4. The minimum atomic E-state index is -4.12. The molecule has 0 saturated heterocycles. The summed E-state index contributed by atoms with van der Waals surface area (Å²) in [6.07, 6.45) is 1.41. The lowest BCUT2D eigenvalue weighted by atomic mass is 10.1. The van der Waals surface area contributed by atoms with E-state index in [4.69, 9.17) is 32.9 Å². The minimum Gasteiger partial charge on any atom is -0.497 e. The number of methoxy groups -OCH3 is 2. The molecular formula is C46H42N2O11S. The average molecular weight is 831 g/mol. The van der Waals surface area contributed by atoms with Crippen LogP contribution in [0.25, 0.3) is 22.3 Å². The molecule has 3 heterocycles. The number of aryl methyl sites for hydroxylation is 3. The highest BCUT2D eigenvalue weighted by molar-refractivity contribution is 7.90. The summed E-state index contributed by atoms with van der Waals surface area (Å²) < 4.78 is 59.4. The molecule has 0 radical (unpaired) electrons. The predicted molar refractivity (Wildman–Crippen MR) is 223 cm³/mol. The zero-order valence-electron chi connectivity index (χ0n) is 33.4. The Balaban J connectivity index is 0.000000213. The second-order valence-electron chi connectivity index (χ2n) is 13.4. The first kappa shape index (κ1) is 42.3. The molecule has 13 nitrogen and oxygen atoms in total. The van der Waals surface area contributed by atoms with Crippen LogP contribution >= 0.6 is 0 Å². The number of amides is 1. The molecule has 7 aromatic rings. The number of nitrogens with one attached hydrogen (secondary N) is 1. The Bertz CT molecular complexity index is 2650. The van der Waals surface area contributed by atoms with Crippen molar-refractivity contribution in [3.63, 3.8) is 0 Å². The molecule has 0 unspecified atom stereocenters. The first-order chi connectivity index (χ1) is 28.8. The number of aromatic carboxylic acids is 1. The maximum atomic E-state index is 12.5. The topological polar surface area (TPSA) is 177 Å². The van der Waals surface area contributed by atoms with Crippen molar-refractivity contribution in [2.24, 2.45) is 0 Å². The minimum absolute atomic E-state index is 0.0778.